The SMILES string of the molecule is COCCOCCOCCN1CCOC(CO)C1. The molecule has 1 unspecified atom stereocenters. The van der Waals surface area contributed by atoms with E-state index >= 15 is 0 Å². The van der Waals surface area contributed by atoms with Crippen LogP contribution in [0.15, 0.2) is 0 Å². The highest BCUT2D eigenvalue weighted by molar-refractivity contribution is 4.70. The van der Waals surface area contributed by atoms with Crippen LogP contribution in [0.4, 0.5) is 0 Å². The summed E-state index contributed by atoms with van der Waals surface area (Å²) < 4.78 is 21.0. The molecule has 0 spiro atoms. The molecule has 108 valence electrons. The zero-order valence-electron chi connectivity index (χ0n) is 11.2. The topological polar surface area (TPSA) is 60.4 Å². The Bertz CT molecular complexity index is 193. The number of aliphatic hydroxyl groups excluding tert-OH is 1. The summed E-state index contributed by atoms with van der Waals surface area (Å²) in [4.78, 5) is 2.25. The predicted octanol–water partition coefficient (Wildman–Crippen LogP) is -0.641. The lowest BCUT2D eigenvalue weighted by molar-refractivity contribution is -0.0597. The summed E-state index contributed by atoms with van der Waals surface area (Å²) >= 11 is 0. The minimum Gasteiger partial charge on any atom is -0.394 e. The van der Waals surface area contributed by atoms with Crippen molar-refractivity contribution < 1.29 is 24.1 Å². The average molecular weight is 263 g/mol. The van der Waals surface area contributed by atoms with E-state index in [9.17, 15) is 0 Å². The molecular weight excluding hydrogens is 238 g/mol. The van der Waals surface area contributed by atoms with E-state index in [-0.39, 0.29) is 12.7 Å². The zero-order valence-corrected chi connectivity index (χ0v) is 11.2. The van der Waals surface area contributed by atoms with Crippen molar-refractivity contribution in [3.8, 4) is 0 Å². The van der Waals surface area contributed by atoms with Crippen molar-refractivity contribution in [2.45, 2.75) is 6.10 Å². The molecule has 1 rings (SSSR count). The summed E-state index contributed by atoms with van der Waals surface area (Å²) in [5.41, 5.74) is 0. The maximum absolute atomic E-state index is 9.01. The number of methoxy groups -OCH3 is 1. The summed E-state index contributed by atoms with van der Waals surface area (Å²) in [5, 5.41) is 9.01. The first-order chi connectivity index (χ1) is 8.86. The van der Waals surface area contributed by atoms with E-state index in [1.54, 1.807) is 7.11 Å². The summed E-state index contributed by atoms with van der Waals surface area (Å²) in [6.45, 7) is 6.47. The summed E-state index contributed by atoms with van der Waals surface area (Å²) in [7, 11) is 1.65. The van der Waals surface area contributed by atoms with Gasteiger partial charge in [0.05, 0.1) is 52.4 Å². The molecule has 1 saturated heterocycles. The van der Waals surface area contributed by atoms with Gasteiger partial charge in [-0.3, -0.25) is 4.90 Å². The maximum Gasteiger partial charge on any atom is 0.0932 e. The molecule has 0 aliphatic carbocycles. The fourth-order valence-corrected chi connectivity index (χ4v) is 1.75. The molecule has 18 heavy (non-hydrogen) atoms. The van der Waals surface area contributed by atoms with E-state index in [0.717, 1.165) is 19.6 Å². The normalized spacial score (nSPS) is 21.3. The van der Waals surface area contributed by atoms with E-state index in [2.05, 4.69) is 4.90 Å². The Kier molecular flexibility index (Phi) is 9.37. The molecule has 0 radical (unpaired) electrons. The van der Waals surface area contributed by atoms with Crippen molar-refractivity contribution in [3.05, 3.63) is 0 Å². The number of rotatable bonds is 10. The Hall–Kier alpha value is -0.240. The molecule has 1 aliphatic heterocycles. The Morgan fingerprint density at radius 1 is 1.17 bits per heavy atom. The number of morpholine rings is 1. The predicted molar refractivity (Wildman–Crippen MR) is 66.8 cm³/mol. The van der Waals surface area contributed by atoms with E-state index in [4.69, 9.17) is 24.1 Å². The van der Waals surface area contributed by atoms with Crippen molar-refractivity contribution in [1.82, 2.24) is 4.90 Å². The molecule has 0 bridgehead atoms. The first-order valence-electron chi connectivity index (χ1n) is 6.46. The van der Waals surface area contributed by atoms with Gasteiger partial charge in [0.15, 0.2) is 0 Å². The standard InChI is InChI=1S/C12H25NO5/c1-15-6-7-17-9-8-16-4-2-13-3-5-18-12(10-13)11-14/h12,14H,2-11H2,1H3. The smallest absolute Gasteiger partial charge is 0.0932 e. The monoisotopic (exact) mass is 263 g/mol. The van der Waals surface area contributed by atoms with Crippen molar-refractivity contribution in [3.63, 3.8) is 0 Å². The number of nitrogens with zero attached hydrogens (tertiary/aromatic N) is 1. The second-order valence-electron chi connectivity index (χ2n) is 4.19. The van der Waals surface area contributed by atoms with Gasteiger partial charge in [-0.05, 0) is 0 Å². The van der Waals surface area contributed by atoms with Gasteiger partial charge in [-0.15, -0.1) is 0 Å². The average Bonchev–Trinajstić information content (AvgIpc) is 2.42. The third-order valence-corrected chi connectivity index (χ3v) is 2.78. The van der Waals surface area contributed by atoms with Crippen molar-refractivity contribution >= 4 is 0 Å². The van der Waals surface area contributed by atoms with E-state index in [0.29, 0.717) is 39.6 Å². The molecule has 0 aromatic carbocycles. The minimum atomic E-state index is -0.0453. The molecule has 1 fully saturated rings. The van der Waals surface area contributed by atoms with Gasteiger partial charge < -0.3 is 24.1 Å². The molecule has 1 aliphatic rings. The van der Waals surface area contributed by atoms with Crippen molar-refractivity contribution in [2.24, 2.45) is 0 Å². The minimum absolute atomic E-state index is 0.0453. The quantitative estimate of drug-likeness (QED) is 0.529. The number of ether oxygens (including phenoxy) is 4. The van der Waals surface area contributed by atoms with Crippen LogP contribution in [0, 0.1) is 0 Å². The van der Waals surface area contributed by atoms with Crippen LogP contribution < -0.4 is 0 Å². The van der Waals surface area contributed by atoms with E-state index in [1.165, 1.54) is 0 Å². The highest BCUT2D eigenvalue weighted by Gasteiger charge is 2.18. The molecule has 6 heteroatoms. The molecule has 0 saturated carbocycles. The highest BCUT2D eigenvalue weighted by atomic mass is 16.5. The molecule has 1 N–H and O–H groups in total. The molecule has 1 atom stereocenters. The van der Waals surface area contributed by atoms with Crippen molar-refractivity contribution in [1.29, 1.82) is 0 Å². The number of aliphatic hydroxyl groups is 1. The van der Waals surface area contributed by atoms with Gasteiger partial charge in [-0.2, -0.15) is 0 Å². The molecule has 0 amide bonds. The van der Waals surface area contributed by atoms with Crippen LogP contribution in [0.2, 0.25) is 0 Å². The van der Waals surface area contributed by atoms with Crippen LogP contribution in [-0.2, 0) is 18.9 Å². The second kappa shape index (κ2) is 10.7. The number of hydrogen-bond donors (Lipinski definition) is 1. The maximum atomic E-state index is 9.01. The summed E-state index contributed by atoms with van der Waals surface area (Å²) in [6.07, 6.45) is -0.0453. The summed E-state index contributed by atoms with van der Waals surface area (Å²) in [6, 6.07) is 0. The molecule has 0 aromatic heterocycles. The van der Waals surface area contributed by atoms with E-state index in [1.807, 2.05) is 0 Å². The third kappa shape index (κ3) is 7.25. The fourth-order valence-electron chi connectivity index (χ4n) is 1.75. The lowest BCUT2D eigenvalue weighted by Gasteiger charge is -2.31. The Morgan fingerprint density at radius 2 is 1.89 bits per heavy atom. The van der Waals surface area contributed by atoms with Crippen LogP contribution in [0.3, 0.4) is 0 Å². The van der Waals surface area contributed by atoms with Gasteiger partial charge in [0.2, 0.25) is 0 Å². The first kappa shape index (κ1) is 15.8. The Morgan fingerprint density at radius 3 is 2.61 bits per heavy atom. The van der Waals surface area contributed by atoms with Gasteiger partial charge in [0.25, 0.3) is 0 Å². The van der Waals surface area contributed by atoms with Crippen LogP contribution in [0.1, 0.15) is 0 Å². The van der Waals surface area contributed by atoms with Gasteiger partial charge in [-0.25, -0.2) is 0 Å². The number of hydrogen-bond acceptors (Lipinski definition) is 6. The molecular formula is C12H25NO5. The Labute approximate surface area is 109 Å². The third-order valence-electron chi connectivity index (χ3n) is 2.78. The molecule has 1 heterocycles. The lowest BCUT2D eigenvalue weighted by Crippen LogP contribution is -2.45. The van der Waals surface area contributed by atoms with Gasteiger partial charge >= 0.3 is 0 Å². The zero-order chi connectivity index (χ0) is 13.1. The lowest BCUT2D eigenvalue weighted by atomic mass is 10.3. The van der Waals surface area contributed by atoms with Crippen molar-refractivity contribution in [2.75, 3.05) is 73.0 Å². The van der Waals surface area contributed by atoms with Gasteiger partial charge in [0, 0.05) is 26.7 Å². The van der Waals surface area contributed by atoms with Crippen LogP contribution in [-0.4, -0.2) is 89.1 Å². The largest absolute Gasteiger partial charge is 0.394 e. The fraction of sp³-hybridized carbons (Fsp3) is 1.00. The van der Waals surface area contributed by atoms with Crippen LogP contribution in [0.25, 0.3) is 0 Å². The summed E-state index contributed by atoms with van der Waals surface area (Å²) in [5.74, 6) is 0. The molecule has 0 aromatic rings. The molecule has 6 nitrogen and oxygen atoms in total. The Balaban J connectivity index is 1.88. The van der Waals surface area contributed by atoms with Gasteiger partial charge in [0.1, 0.15) is 0 Å². The first-order valence-corrected chi connectivity index (χ1v) is 6.46. The van der Waals surface area contributed by atoms with Crippen LogP contribution >= 0.6 is 0 Å². The van der Waals surface area contributed by atoms with Gasteiger partial charge in [-0.1, -0.05) is 0 Å². The second-order valence-corrected chi connectivity index (χ2v) is 4.19. The van der Waals surface area contributed by atoms with Crippen LogP contribution in [0.5, 0.6) is 0 Å². The van der Waals surface area contributed by atoms with E-state index < -0.39 is 0 Å². The highest BCUT2D eigenvalue weighted by Crippen LogP contribution is 2.03.